The maximum absolute atomic E-state index is 2.33. The van der Waals surface area contributed by atoms with Crippen molar-refractivity contribution in [3.05, 3.63) is 91.0 Å². The molecule has 0 unspecified atom stereocenters. The first-order valence-electron chi connectivity index (χ1n) is 12.7. The van der Waals surface area contributed by atoms with E-state index < -0.39 is 34.1 Å². The molecule has 0 bridgehead atoms. The van der Waals surface area contributed by atoms with Crippen LogP contribution < -0.4 is 13.2 Å². The Labute approximate surface area is 209 Å². The van der Waals surface area contributed by atoms with Gasteiger partial charge in [-0.25, -0.2) is 0 Å². The van der Waals surface area contributed by atoms with Crippen molar-refractivity contribution in [2.45, 2.75) is 72.6 Å². The van der Waals surface area contributed by atoms with Gasteiger partial charge < -0.3 is 0 Å². The molecule has 0 aliphatic carbocycles. The first kappa shape index (κ1) is 27.2. The van der Waals surface area contributed by atoms with Crippen molar-refractivity contribution in [3.8, 4) is 0 Å². The molecule has 0 aromatic heterocycles. The molecule has 0 N–H and O–H groups in total. The van der Waals surface area contributed by atoms with E-state index in [2.05, 4.69) is 112 Å². The summed E-state index contributed by atoms with van der Waals surface area (Å²) >= 11 is -2.47. The molecule has 0 aliphatic rings. The number of hydrogen-bond donors (Lipinski definition) is 0. The third-order valence-electron chi connectivity index (χ3n) is 5.84. The zero-order chi connectivity index (χ0) is 22.9. The van der Waals surface area contributed by atoms with Crippen molar-refractivity contribution >= 4 is 47.3 Å². The van der Waals surface area contributed by atoms with Gasteiger partial charge in [-0.15, -0.1) is 0 Å². The first-order valence-corrected chi connectivity index (χ1v) is 21.9. The second kappa shape index (κ2) is 17.5. The Morgan fingerprint density at radius 2 is 0.750 bits per heavy atom. The summed E-state index contributed by atoms with van der Waals surface area (Å²) in [6.45, 7) is 7.00. The Bertz CT molecular complexity index is 691. The molecule has 0 spiro atoms. The van der Waals surface area contributed by atoms with Crippen LogP contribution in [-0.2, 0) is 0 Å². The van der Waals surface area contributed by atoms with Crippen LogP contribution in [0.15, 0.2) is 91.0 Å². The summed E-state index contributed by atoms with van der Waals surface area (Å²) in [6, 6.07) is 32.8. The monoisotopic (exact) mass is 596 g/mol. The van der Waals surface area contributed by atoms with Gasteiger partial charge in [-0.2, -0.15) is 0 Å². The summed E-state index contributed by atoms with van der Waals surface area (Å²) in [5, 5.41) is 0. The Kier molecular flexibility index (Phi) is 14.9. The molecular weight excluding hydrogens is 552 g/mol. The van der Waals surface area contributed by atoms with Crippen molar-refractivity contribution in [1.82, 2.24) is 0 Å². The third-order valence-corrected chi connectivity index (χ3v) is 20.7. The van der Waals surface area contributed by atoms with Crippen molar-refractivity contribution in [2.75, 3.05) is 0 Å². The molecule has 32 heavy (non-hydrogen) atoms. The second-order valence-corrected chi connectivity index (χ2v) is 22.3. The van der Waals surface area contributed by atoms with Gasteiger partial charge in [0.05, 0.1) is 0 Å². The average molecular weight is 594 g/mol. The van der Waals surface area contributed by atoms with Crippen LogP contribution >= 0.6 is 0 Å². The Morgan fingerprint density at radius 1 is 0.469 bits per heavy atom. The van der Waals surface area contributed by atoms with Crippen LogP contribution in [-0.4, -0.2) is 34.1 Å². The molecule has 0 saturated carbocycles. The Morgan fingerprint density at radius 3 is 1.00 bits per heavy atom. The predicted molar refractivity (Wildman–Crippen MR) is 149 cm³/mol. The molecule has 0 fully saturated rings. The summed E-state index contributed by atoms with van der Waals surface area (Å²) in [5.74, 6) is 0. The van der Waals surface area contributed by atoms with Crippen molar-refractivity contribution < 1.29 is 0 Å². The number of rotatable bonds is 12. The maximum atomic E-state index is 2.33. The first-order chi connectivity index (χ1) is 15.8. The van der Waals surface area contributed by atoms with E-state index in [0.717, 1.165) is 0 Å². The van der Waals surface area contributed by atoms with Gasteiger partial charge in [0.25, 0.3) is 0 Å². The number of benzene rings is 3. The summed E-state index contributed by atoms with van der Waals surface area (Å²) in [4.78, 5) is 0. The fraction of sp³-hybridized carbons (Fsp3) is 0.400. The molecule has 3 aromatic rings. The van der Waals surface area contributed by atoms with Crippen LogP contribution in [0.25, 0.3) is 0 Å². The third kappa shape index (κ3) is 10.3. The standard InChI is InChI=1S/C18H15Ge.3C4H9.Sn/c1-4-10-16(11-5-1)19(17-12-6-2-7-13-17)18-14-8-3-9-15-18;3*1-3-4-2;/h1-15H;3*1,3-4H2,2H3;. The zero-order valence-corrected chi connectivity index (χ0v) is 25.5. The van der Waals surface area contributed by atoms with E-state index in [0.29, 0.717) is 0 Å². The van der Waals surface area contributed by atoms with E-state index in [1.54, 1.807) is 13.3 Å². The van der Waals surface area contributed by atoms with Crippen LogP contribution in [0.4, 0.5) is 0 Å². The number of hydrogen-bond acceptors (Lipinski definition) is 0. The molecule has 0 aliphatic heterocycles. The SMILES string of the molecule is CCC[CH2][Sn]([CH2]CCC)[CH2]CCC.c1cc[c]([Ge]([c]2ccccc2)[c]2ccccc2)cc1. The van der Waals surface area contributed by atoms with Gasteiger partial charge in [-0.3, -0.25) is 0 Å². The summed E-state index contributed by atoms with van der Waals surface area (Å²) < 4.78 is 9.54. The van der Waals surface area contributed by atoms with E-state index in [1.807, 2.05) is 0 Å². The van der Waals surface area contributed by atoms with E-state index in [-0.39, 0.29) is 0 Å². The molecule has 170 valence electrons. The van der Waals surface area contributed by atoms with Crippen LogP contribution in [0.3, 0.4) is 0 Å². The molecule has 2 radical (unpaired) electrons. The van der Waals surface area contributed by atoms with Crippen molar-refractivity contribution in [3.63, 3.8) is 0 Å². The minimum absolute atomic E-state index is 0.839. The molecule has 0 atom stereocenters. The summed E-state index contributed by atoms with van der Waals surface area (Å²) in [6.07, 6.45) is 8.85. The molecule has 0 saturated heterocycles. The fourth-order valence-corrected chi connectivity index (χ4v) is 18.8. The summed E-state index contributed by atoms with van der Waals surface area (Å²) in [7, 11) is 0. The quantitative estimate of drug-likeness (QED) is 0.197. The van der Waals surface area contributed by atoms with E-state index in [4.69, 9.17) is 0 Å². The minimum atomic E-state index is -1.63. The molecule has 3 rings (SSSR count). The van der Waals surface area contributed by atoms with Gasteiger partial charge in [0.1, 0.15) is 0 Å². The molecular formula is C30H42GeSn. The van der Waals surface area contributed by atoms with Crippen molar-refractivity contribution in [2.24, 2.45) is 0 Å². The van der Waals surface area contributed by atoms with Gasteiger partial charge >= 0.3 is 211 Å². The molecule has 2 heteroatoms. The second-order valence-electron chi connectivity index (χ2n) is 8.53. The van der Waals surface area contributed by atoms with Gasteiger partial charge in [0, 0.05) is 0 Å². The van der Waals surface area contributed by atoms with Crippen LogP contribution in [0, 0.1) is 0 Å². The zero-order valence-electron chi connectivity index (χ0n) is 20.5. The van der Waals surface area contributed by atoms with Gasteiger partial charge in [-0.05, 0) is 0 Å². The fourth-order valence-electron chi connectivity index (χ4n) is 3.97. The van der Waals surface area contributed by atoms with Crippen molar-refractivity contribution in [1.29, 1.82) is 0 Å². The predicted octanol–water partition coefficient (Wildman–Crippen LogP) is 7.08. The van der Waals surface area contributed by atoms with E-state index in [9.17, 15) is 0 Å². The van der Waals surface area contributed by atoms with Crippen LogP contribution in [0.1, 0.15) is 59.3 Å². The topological polar surface area (TPSA) is 0 Å². The molecule has 0 nitrogen and oxygen atoms in total. The van der Waals surface area contributed by atoms with E-state index >= 15 is 0 Å². The average Bonchev–Trinajstić information content (AvgIpc) is 2.86. The number of unbranched alkanes of at least 4 members (excludes halogenated alkanes) is 3. The van der Waals surface area contributed by atoms with E-state index in [1.165, 1.54) is 51.7 Å². The normalized spacial score (nSPS) is 10.8. The van der Waals surface area contributed by atoms with Gasteiger partial charge in [0.2, 0.25) is 0 Å². The Hall–Kier alpha value is -0.998. The van der Waals surface area contributed by atoms with Crippen LogP contribution in [0.5, 0.6) is 0 Å². The molecule has 3 aromatic carbocycles. The summed E-state index contributed by atoms with van der Waals surface area (Å²) in [5.41, 5.74) is 0. The van der Waals surface area contributed by atoms with Crippen LogP contribution in [0.2, 0.25) is 13.3 Å². The van der Waals surface area contributed by atoms with Gasteiger partial charge in [0.15, 0.2) is 0 Å². The Balaban J connectivity index is 0.000000247. The molecule has 0 heterocycles. The molecule has 0 amide bonds. The van der Waals surface area contributed by atoms with Gasteiger partial charge in [-0.1, -0.05) is 0 Å².